The largest absolute Gasteiger partial charge is 3.00 e. The van der Waals surface area contributed by atoms with Crippen LogP contribution in [0.1, 0.15) is 0 Å². The summed E-state index contributed by atoms with van der Waals surface area (Å²) in [4.78, 5) is 0. The minimum atomic E-state index is 0. The van der Waals surface area contributed by atoms with E-state index in [9.17, 15) is 0 Å². The molecule has 59 valence electrons. The number of hydrogen-bond donors (Lipinski definition) is 0. The van der Waals surface area contributed by atoms with E-state index in [-0.39, 0.29) is 80.1 Å². The molecule has 0 bridgehead atoms. The average Bonchev–Trinajstić information content (AvgIpc) is 1.76. The van der Waals surface area contributed by atoms with Crippen molar-refractivity contribution in [3.63, 3.8) is 0 Å². The molecule has 0 nitrogen and oxygen atoms in total. The summed E-state index contributed by atoms with van der Waals surface area (Å²) >= 11 is 0. The van der Waals surface area contributed by atoms with Crippen molar-refractivity contribution in [2.24, 2.45) is 0 Å². The number of rotatable bonds is 0. The first-order valence-electron chi connectivity index (χ1n) is 1.67. The SMILES string of the molecule is [Br-].[Br-].[Br-].[CH3-].[Ti+3].c1cc[cH-]c1. The molecule has 10 heavy (non-hydrogen) atoms. The Morgan fingerprint density at radius 2 is 1.10 bits per heavy atom. The van der Waals surface area contributed by atoms with Crippen molar-refractivity contribution in [1.82, 2.24) is 0 Å². The fraction of sp³-hybridized carbons (Fsp3) is 0. The molecule has 1 rings (SSSR count). The Labute approximate surface area is 109 Å². The molecule has 0 amide bonds. The van der Waals surface area contributed by atoms with E-state index in [1.54, 1.807) is 0 Å². The first-order valence-corrected chi connectivity index (χ1v) is 1.67. The molecule has 1 radical (unpaired) electrons. The third kappa shape index (κ3) is 16.2. The van der Waals surface area contributed by atoms with E-state index in [2.05, 4.69) is 0 Å². The molecule has 1 aromatic rings. The van der Waals surface area contributed by atoms with Crippen LogP contribution in [0.15, 0.2) is 30.3 Å². The molecule has 0 saturated carbocycles. The van der Waals surface area contributed by atoms with Crippen LogP contribution in [0.25, 0.3) is 0 Å². The normalized spacial score (nSPS) is 4.00. The van der Waals surface area contributed by atoms with Gasteiger partial charge in [-0.15, -0.1) is 0 Å². The van der Waals surface area contributed by atoms with Gasteiger partial charge in [-0.3, -0.25) is 0 Å². The van der Waals surface area contributed by atoms with E-state index in [4.69, 9.17) is 0 Å². The topological polar surface area (TPSA) is 0 Å². The zero-order chi connectivity index (χ0) is 3.54. The standard InChI is InChI=1S/C5H5.CH3.3BrH.Ti/c1-2-4-5-3-1;;;;;/h1-5H;1H3;3*1H;/q2*-1;;;;+3/p-3. The average molecular weight is 368 g/mol. The summed E-state index contributed by atoms with van der Waals surface area (Å²) in [5, 5.41) is 0. The molecule has 0 aliphatic heterocycles. The first-order chi connectivity index (χ1) is 2.50. The summed E-state index contributed by atoms with van der Waals surface area (Å²) < 4.78 is 0. The van der Waals surface area contributed by atoms with Crippen LogP contribution in [0, 0.1) is 7.43 Å². The second-order valence-corrected chi connectivity index (χ2v) is 0.962. The summed E-state index contributed by atoms with van der Waals surface area (Å²) in [7, 11) is 0. The van der Waals surface area contributed by atoms with Crippen LogP contribution in [-0.2, 0) is 21.7 Å². The molecule has 0 saturated heterocycles. The van der Waals surface area contributed by atoms with Crippen molar-refractivity contribution < 1.29 is 72.7 Å². The predicted octanol–water partition coefficient (Wildman–Crippen LogP) is -7.13. The van der Waals surface area contributed by atoms with Gasteiger partial charge < -0.3 is 58.4 Å². The molecule has 4 heteroatoms. The fourth-order valence-electron chi connectivity index (χ4n) is 0.321. The maximum atomic E-state index is 2.00. The molecule has 0 aliphatic carbocycles. The quantitative estimate of drug-likeness (QED) is 0.316. The summed E-state index contributed by atoms with van der Waals surface area (Å²) in [5.74, 6) is 0. The van der Waals surface area contributed by atoms with E-state index < -0.39 is 0 Å². The Hall–Kier alpha value is 1.50. The Balaban J connectivity index is -0.0000000167. The van der Waals surface area contributed by atoms with Crippen molar-refractivity contribution >= 4 is 0 Å². The Morgan fingerprint density at radius 3 is 1.20 bits per heavy atom. The van der Waals surface area contributed by atoms with Crippen molar-refractivity contribution in [2.75, 3.05) is 0 Å². The summed E-state index contributed by atoms with van der Waals surface area (Å²) in [5.41, 5.74) is 0. The van der Waals surface area contributed by atoms with Gasteiger partial charge in [-0.1, -0.05) is 0 Å². The second-order valence-electron chi connectivity index (χ2n) is 0.962. The van der Waals surface area contributed by atoms with Gasteiger partial charge in [0.25, 0.3) is 0 Å². The molecule has 0 unspecified atom stereocenters. The molecular weight excluding hydrogens is 360 g/mol. The van der Waals surface area contributed by atoms with Gasteiger partial charge in [-0.2, -0.15) is 18.2 Å². The van der Waals surface area contributed by atoms with Gasteiger partial charge in [0.05, 0.1) is 0 Å². The van der Waals surface area contributed by atoms with E-state index in [0.29, 0.717) is 0 Å². The first kappa shape index (κ1) is 30.0. The van der Waals surface area contributed by atoms with Crippen molar-refractivity contribution in [2.45, 2.75) is 0 Å². The van der Waals surface area contributed by atoms with Crippen molar-refractivity contribution in [3.05, 3.63) is 37.8 Å². The zero-order valence-electron chi connectivity index (χ0n) is 5.52. The molecule has 0 fully saturated rings. The summed E-state index contributed by atoms with van der Waals surface area (Å²) in [6.45, 7) is 0. The molecule has 0 N–H and O–H groups in total. The number of hydrogen-bond acceptors (Lipinski definition) is 0. The molecule has 1 aromatic carbocycles. The molecule has 0 aromatic heterocycles. The maximum Gasteiger partial charge on any atom is 3.00 e. The van der Waals surface area contributed by atoms with E-state index >= 15 is 0 Å². The van der Waals surface area contributed by atoms with Crippen LogP contribution in [0.3, 0.4) is 0 Å². The summed E-state index contributed by atoms with van der Waals surface area (Å²) in [6, 6.07) is 10.0. The van der Waals surface area contributed by atoms with Gasteiger partial charge in [0.2, 0.25) is 0 Å². The molecular formula is C6H8Br3Ti-2. The summed E-state index contributed by atoms with van der Waals surface area (Å²) in [6.07, 6.45) is 0. The van der Waals surface area contributed by atoms with Crippen molar-refractivity contribution in [1.29, 1.82) is 0 Å². The van der Waals surface area contributed by atoms with Gasteiger partial charge in [-0.25, -0.2) is 12.1 Å². The zero-order valence-corrected chi connectivity index (χ0v) is 11.8. The van der Waals surface area contributed by atoms with Gasteiger partial charge >= 0.3 is 21.7 Å². The monoisotopic (exact) mass is 365 g/mol. The Morgan fingerprint density at radius 1 is 0.800 bits per heavy atom. The smallest absolute Gasteiger partial charge is 1.00 e. The van der Waals surface area contributed by atoms with Crippen LogP contribution >= 0.6 is 0 Å². The van der Waals surface area contributed by atoms with E-state index in [1.807, 2.05) is 30.3 Å². The maximum absolute atomic E-state index is 2.00. The minimum Gasteiger partial charge on any atom is -1.00 e. The second kappa shape index (κ2) is 22.4. The van der Waals surface area contributed by atoms with E-state index in [1.165, 1.54) is 0 Å². The molecule has 0 aliphatic rings. The Kier molecular flexibility index (Phi) is 67.3. The molecule has 0 atom stereocenters. The van der Waals surface area contributed by atoms with Gasteiger partial charge in [-0.05, 0) is 0 Å². The Bertz CT molecular complexity index is 69.5. The van der Waals surface area contributed by atoms with Crippen LogP contribution < -0.4 is 50.9 Å². The van der Waals surface area contributed by atoms with Crippen LogP contribution in [-0.4, -0.2) is 0 Å². The van der Waals surface area contributed by atoms with Crippen molar-refractivity contribution in [3.8, 4) is 0 Å². The van der Waals surface area contributed by atoms with Gasteiger partial charge in [0.15, 0.2) is 0 Å². The third-order valence-electron chi connectivity index (χ3n) is 0.556. The molecule has 0 heterocycles. The van der Waals surface area contributed by atoms with Crippen LogP contribution in [0.5, 0.6) is 0 Å². The number of halogens is 3. The molecule has 0 spiro atoms. The van der Waals surface area contributed by atoms with Crippen LogP contribution in [0.2, 0.25) is 0 Å². The van der Waals surface area contributed by atoms with Crippen LogP contribution in [0.4, 0.5) is 0 Å². The third-order valence-corrected chi connectivity index (χ3v) is 0.556. The predicted molar refractivity (Wildman–Crippen MR) is 28.4 cm³/mol. The van der Waals surface area contributed by atoms with E-state index in [0.717, 1.165) is 0 Å². The van der Waals surface area contributed by atoms with Gasteiger partial charge in [0, 0.05) is 0 Å². The van der Waals surface area contributed by atoms with Gasteiger partial charge in [0.1, 0.15) is 0 Å². The minimum absolute atomic E-state index is 0. The fourth-order valence-corrected chi connectivity index (χ4v) is 0.321.